The van der Waals surface area contributed by atoms with Gasteiger partial charge in [0.1, 0.15) is 0 Å². The molecule has 3 aliphatic heterocycles. The van der Waals surface area contributed by atoms with Crippen LogP contribution in [0.3, 0.4) is 0 Å². The summed E-state index contributed by atoms with van der Waals surface area (Å²) in [7, 11) is 0. The van der Waals surface area contributed by atoms with E-state index in [1.165, 1.54) is 17.7 Å². The lowest BCUT2D eigenvalue weighted by Gasteiger charge is -2.41. The van der Waals surface area contributed by atoms with E-state index < -0.39 is 0 Å². The molecule has 0 aromatic carbocycles. The Balaban J connectivity index is 1.42. The zero-order chi connectivity index (χ0) is 16.0. The lowest BCUT2D eigenvalue weighted by molar-refractivity contribution is -0.142. The Morgan fingerprint density at radius 1 is 0.870 bits per heavy atom. The maximum absolute atomic E-state index is 12.6. The number of carbonyl (C=O) groups is 3. The van der Waals surface area contributed by atoms with E-state index in [4.69, 9.17) is 0 Å². The van der Waals surface area contributed by atoms with E-state index in [-0.39, 0.29) is 36.0 Å². The van der Waals surface area contributed by atoms with Crippen molar-refractivity contribution in [2.75, 3.05) is 0 Å². The van der Waals surface area contributed by atoms with Gasteiger partial charge < -0.3 is 10.2 Å². The van der Waals surface area contributed by atoms with Gasteiger partial charge >= 0.3 is 6.03 Å². The number of urea groups is 1. The summed E-state index contributed by atoms with van der Waals surface area (Å²) >= 11 is 0. The average Bonchev–Trinajstić information content (AvgIpc) is 3.20. The Labute approximate surface area is 136 Å². The first-order valence-electron chi connectivity index (χ1n) is 9.07. The van der Waals surface area contributed by atoms with Crippen LogP contribution in [-0.2, 0) is 9.59 Å². The molecule has 2 atom stereocenters. The van der Waals surface area contributed by atoms with E-state index in [1.807, 2.05) is 4.90 Å². The molecule has 4 amide bonds. The van der Waals surface area contributed by atoms with Crippen LogP contribution in [0.5, 0.6) is 0 Å². The predicted octanol–water partition coefficient (Wildman–Crippen LogP) is 1.78. The zero-order valence-electron chi connectivity index (χ0n) is 13.5. The fourth-order valence-electron chi connectivity index (χ4n) is 5.01. The maximum atomic E-state index is 12.6. The Morgan fingerprint density at radius 3 is 2.00 bits per heavy atom. The van der Waals surface area contributed by atoms with Crippen molar-refractivity contribution < 1.29 is 14.4 Å². The normalized spacial score (nSPS) is 34.5. The molecular formula is C17H25N3O3. The van der Waals surface area contributed by atoms with Crippen molar-refractivity contribution in [2.24, 2.45) is 0 Å². The van der Waals surface area contributed by atoms with E-state index in [2.05, 4.69) is 5.32 Å². The van der Waals surface area contributed by atoms with Gasteiger partial charge in [0.05, 0.1) is 0 Å². The lowest BCUT2D eigenvalue weighted by Crippen LogP contribution is -2.56. The summed E-state index contributed by atoms with van der Waals surface area (Å²) in [6.07, 6.45) is 8.82. The number of rotatable bonds is 2. The van der Waals surface area contributed by atoms with Crippen LogP contribution >= 0.6 is 0 Å². The summed E-state index contributed by atoms with van der Waals surface area (Å²) in [4.78, 5) is 40.1. The molecule has 6 nitrogen and oxygen atoms in total. The van der Waals surface area contributed by atoms with Crippen LogP contribution in [0.25, 0.3) is 0 Å². The van der Waals surface area contributed by atoms with Crippen molar-refractivity contribution in [3.05, 3.63) is 0 Å². The third-order valence-corrected chi connectivity index (χ3v) is 6.08. The van der Waals surface area contributed by atoms with Crippen LogP contribution in [0.15, 0.2) is 0 Å². The fraction of sp³-hybridized carbons (Fsp3) is 0.824. The Hall–Kier alpha value is -1.59. The zero-order valence-corrected chi connectivity index (χ0v) is 13.5. The number of likely N-dealkylation sites (tertiary alicyclic amines) is 1. The van der Waals surface area contributed by atoms with Gasteiger partial charge in [-0.25, -0.2) is 4.79 Å². The molecule has 0 aromatic heterocycles. The Bertz CT molecular complexity index is 499. The molecule has 6 heteroatoms. The number of hydrogen-bond acceptors (Lipinski definition) is 3. The number of hydrogen-bond donors (Lipinski definition) is 1. The van der Waals surface area contributed by atoms with Crippen molar-refractivity contribution in [3.8, 4) is 0 Å². The van der Waals surface area contributed by atoms with Crippen LogP contribution < -0.4 is 5.32 Å². The van der Waals surface area contributed by atoms with E-state index in [0.29, 0.717) is 18.9 Å². The van der Waals surface area contributed by atoms with Crippen LogP contribution in [0.2, 0.25) is 0 Å². The molecule has 4 aliphatic rings. The molecule has 0 radical (unpaired) electrons. The van der Waals surface area contributed by atoms with Crippen LogP contribution in [0.4, 0.5) is 4.79 Å². The first-order valence-corrected chi connectivity index (χ1v) is 9.07. The highest BCUT2D eigenvalue weighted by Crippen LogP contribution is 2.39. The van der Waals surface area contributed by atoms with Crippen LogP contribution in [0.1, 0.15) is 64.2 Å². The summed E-state index contributed by atoms with van der Waals surface area (Å²) in [5.41, 5.74) is 0. The quantitative estimate of drug-likeness (QED) is 0.789. The SMILES string of the molecule is O=C1CCC(=O)N1C1CC2CCC(C1)N2C(=O)NC1CCCC1. The first-order chi connectivity index (χ1) is 11.1. The van der Waals surface area contributed by atoms with Gasteiger partial charge in [0, 0.05) is 37.0 Å². The van der Waals surface area contributed by atoms with Crippen molar-refractivity contribution in [1.82, 2.24) is 15.1 Å². The smallest absolute Gasteiger partial charge is 0.318 e. The third-order valence-electron chi connectivity index (χ3n) is 6.08. The van der Waals surface area contributed by atoms with E-state index >= 15 is 0 Å². The van der Waals surface area contributed by atoms with Crippen LogP contribution in [0, 0.1) is 0 Å². The molecule has 23 heavy (non-hydrogen) atoms. The predicted molar refractivity (Wildman–Crippen MR) is 83.5 cm³/mol. The molecule has 3 saturated heterocycles. The van der Waals surface area contributed by atoms with E-state index in [0.717, 1.165) is 38.5 Å². The number of imide groups is 1. The topological polar surface area (TPSA) is 69.7 Å². The molecule has 3 heterocycles. The summed E-state index contributed by atoms with van der Waals surface area (Å²) in [5, 5.41) is 3.19. The molecule has 0 aromatic rings. The molecule has 1 saturated carbocycles. The van der Waals surface area contributed by atoms with Gasteiger partial charge in [-0.15, -0.1) is 0 Å². The van der Waals surface area contributed by atoms with Crippen molar-refractivity contribution in [1.29, 1.82) is 0 Å². The minimum absolute atomic E-state index is 0.00512. The van der Waals surface area contributed by atoms with Gasteiger partial charge in [-0.2, -0.15) is 0 Å². The van der Waals surface area contributed by atoms with Gasteiger partial charge in [-0.1, -0.05) is 12.8 Å². The second-order valence-corrected chi connectivity index (χ2v) is 7.51. The molecule has 4 fully saturated rings. The van der Waals surface area contributed by atoms with Crippen molar-refractivity contribution >= 4 is 17.8 Å². The largest absolute Gasteiger partial charge is 0.335 e. The third kappa shape index (κ3) is 2.62. The summed E-state index contributed by atoms with van der Waals surface area (Å²) in [6, 6.07) is 0.775. The van der Waals surface area contributed by atoms with Gasteiger partial charge in [0.25, 0.3) is 0 Å². The van der Waals surface area contributed by atoms with Gasteiger partial charge in [-0.3, -0.25) is 14.5 Å². The number of nitrogens with zero attached hydrogens (tertiary/aromatic N) is 2. The molecule has 4 rings (SSSR count). The van der Waals surface area contributed by atoms with Gasteiger partial charge in [0.15, 0.2) is 0 Å². The highest BCUT2D eigenvalue weighted by Gasteiger charge is 2.48. The summed E-state index contributed by atoms with van der Waals surface area (Å²) in [5.74, 6) is -0.0495. The van der Waals surface area contributed by atoms with Gasteiger partial charge in [-0.05, 0) is 38.5 Å². The fourth-order valence-corrected chi connectivity index (χ4v) is 5.01. The number of amides is 4. The van der Waals surface area contributed by atoms with Gasteiger partial charge in [0.2, 0.25) is 11.8 Å². The maximum Gasteiger partial charge on any atom is 0.318 e. The second kappa shape index (κ2) is 5.80. The highest BCUT2D eigenvalue weighted by molar-refractivity contribution is 6.02. The minimum atomic E-state index is -0.0248. The summed E-state index contributed by atoms with van der Waals surface area (Å²) < 4.78 is 0. The lowest BCUT2D eigenvalue weighted by atomic mass is 9.96. The molecular weight excluding hydrogens is 294 g/mol. The van der Waals surface area contributed by atoms with Crippen molar-refractivity contribution in [3.63, 3.8) is 0 Å². The molecule has 1 N–H and O–H groups in total. The number of carbonyl (C=O) groups excluding carboxylic acids is 3. The standard InChI is InChI=1S/C17H25N3O3/c21-15-7-8-16(22)20(15)14-9-12-5-6-13(10-14)19(12)17(23)18-11-3-1-2-4-11/h11-14H,1-10H2,(H,18,23). The van der Waals surface area contributed by atoms with Crippen molar-refractivity contribution in [2.45, 2.75) is 88.4 Å². The number of nitrogens with one attached hydrogen (secondary N) is 1. The molecule has 0 spiro atoms. The number of fused-ring (bicyclic) bond motifs is 2. The molecule has 2 unspecified atom stereocenters. The Kier molecular flexibility index (Phi) is 3.77. The average molecular weight is 319 g/mol. The second-order valence-electron chi connectivity index (χ2n) is 7.51. The minimum Gasteiger partial charge on any atom is -0.335 e. The Morgan fingerprint density at radius 2 is 1.43 bits per heavy atom. The first kappa shape index (κ1) is 15.0. The highest BCUT2D eigenvalue weighted by atomic mass is 16.2. The molecule has 1 aliphatic carbocycles. The van der Waals surface area contributed by atoms with Crippen LogP contribution in [-0.4, -0.2) is 51.8 Å². The van der Waals surface area contributed by atoms with E-state index in [9.17, 15) is 14.4 Å². The monoisotopic (exact) mass is 319 g/mol. The molecule has 2 bridgehead atoms. The number of piperidine rings is 1. The molecule has 126 valence electrons. The summed E-state index contributed by atoms with van der Waals surface area (Å²) in [6.45, 7) is 0. The van der Waals surface area contributed by atoms with E-state index in [1.54, 1.807) is 0 Å².